The van der Waals surface area contributed by atoms with Crippen molar-refractivity contribution in [2.75, 3.05) is 26.7 Å². The van der Waals surface area contributed by atoms with Crippen molar-refractivity contribution in [2.45, 2.75) is 11.6 Å². The van der Waals surface area contributed by atoms with Crippen LogP contribution in [0, 0.1) is 5.95 Å². The van der Waals surface area contributed by atoms with E-state index in [1.165, 1.54) is 18.1 Å². The van der Waals surface area contributed by atoms with Gasteiger partial charge < -0.3 is 10.5 Å². The number of benzene rings is 2. The van der Waals surface area contributed by atoms with Crippen molar-refractivity contribution in [2.24, 2.45) is 10.7 Å². The molecular formula is C25H24FN5O5S. The van der Waals surface area contributed by atoms with Crippen molar-refractivity contribution in [1.82, 2.24) is 14.2 Å². The van der Waals surface area contributed by atoms with E-state index in [9.17, 15) is 22.2 Å². The molecule has 12 heteroatoms. The summed E-state index contributed by atoms with van der Waals surface area (Å²) in [5.74, 6) is -1.04. The van der Waals surface area contributed by atoms with E-state index in [1.807, 2.05) is 0 Å². The molecule has 0 bridgehead atoms. The Kier molecular flexibility index (Phi) is 6.28. The van der Waals surface area contributed by atoms with Gasteiger partial charge in [-0.1, -0.05) is 36.4 Å². The SMILES string of the molecule is CN1C(=O)C(c2cccc(-c3cccnc3F)c2)(c2cccc(C3CN(S(=O)(=O)O)CCO3)c2)N=C1N. The number of hydrogen-bond donors (Lipinski definition) is 2. The topological polar surface area (TPSA) is 138 Å². The molecule has 0 saturated carbocycles. The van der Waals surface area contributed by atoms with Crippen LogP contribution in [0.25, 0.3) is 11.1 Å². The van der Waals surface area contributed by atoms with Crippen LogP contribution in [0.4, 0.5) is 4.39 Å². The van der Waals surface area contributed by atoms with Gasteiger partial charge in [0.2, 0.25) is 5.95 Å². The molecule has 3 N–H and O–H groups in total. The highest BCUT2D eigenvalue weighted by molar-refractivity contribution is 7.83. The number of likely N-dealkylation sites (N-methyl/N-ethyl adjacent to an activating group) is 1. The Labute approximate surface area is 213 Å². The zero-order chi connectivity index (χ0) is 26.4. The molecule has 2 aliphatic heterocycles. The van der Waals surface area contributed by atoms with Crippen LogP contribution < -0.4 is 5.73 Å². The Balaban J connectivity index is 1.63. The van der Waals surface area contributed by atoms with Crippen LogP contribution in [0.2, 0.25) is 0 Å². The molecule has 0 aliphatic carbocycles. The summed E-state index contributed by atoms with van der Waals surface area (Å²) in [5.41, 5.74) is 6.84. The molecule has 2 aliphatic rings. The van der Waals surface area contributed by atoms with Crippen LogP contribution in [0.5, 0.6) is 0 Å². The number of nitrogens with two attached hydrogens (primary N) is 1. The van der Waals surface area contributed by atoms with E-state index >= 15 is 0 Å². The minimum Gasteiger partial charge on any atom is -0.371 e. The molecular weight excluding hydrogens is 501 g/mol. The van der Waals surface area contributed by atoms with Crippen LogP contribution >= 0.6 is 0 Å². The molecule has 2 aromatic carbocycles. The number of aromatic nitrogens is 1. The summed E-state index contributed by atoms with van der Waals surface area (Å²) >= 11 is 0. The summed E-state index contributed by atoms with van der Waals surface area (Å²) in [4.78, 5) is 23.3. The van der Waals surface area contributed by atoms with Gasteiger partial charge in [0, 0.05) is 31.9 Å². The van der Waals surface area contributed by atoms with Gasteiger partial charge >= 0.3 is 10.3 Å². The van der Waals surface area contributed by atoms with E-state index in [1.54, 1.807) is 60.7 Å². The molecule has 1 saturated heterocycles. The molecule has 2 atom stereocenters. The first-order valence-corrected chi connectivity index (χ1v) is 12.8. The second kappa shape index (κ2) is 9.30. The molecule has 3 heterocycles. The number of aliphatic imine (C=N–C) groups is 1. The van der Waals surface area contributed by atoms with Crippen molar-refractivity contribution in [3.63, 3.8) is 0 Å². The summed E-state index contributed by atoms with van der Waals surface area (Å²) in [6.07, 6.45) is 0.672. The quantitative estimate of drug-likeness (QED) is 0.384. The highest BCUT2D eigenvalue weighted by atomic mass is 32.2. The predicted octanol–water partition coefficient (Wildman–Crippen LogP) is 2.09. The highest BCUT2D eigenvalue weighted by Crippen LogP contribution is 2.41. The Morgan fingerprint density at radius 3 is 2.54 bits per heavy atom. The number of morpholine rings is 1. The molecule has 37 heavy (non-hydrogen) atoms. The second-order valence-electron chi connectivity index (χ2n) is 8.79. The monoisotopic (exact) mass is 525 g/mol. The van der Waals surface area contributed by atoms with E-state index in [-0.39, 0.29) is 31.2 Å². The molecule has 5 rings (SSSR count). The van der Waals surface area contributed by atoms with Gasteiger partial charge in [0.25, 0.3) is 5.91 Å². The van der Waals surface area contributed by atoms with E-state index in [2.05, 4.69) is 9.98 Å². The van der Waals surface area contributed by atoms with Crippen molar-refractivity contribution < 1.29 is 26.9 Å². The average molecular weight is 526 g/mol. The lowest BCUT2D eigenvalue weighted by molar-refractivity contribution is -0.129. The number of halogens is 1. The molecule has 0 radical (unpaired) electrons. The number of hydrogen-bond acceptors (Lipinski definition) is 7. The Morgan fingerprint density at radius 2 is 1.86 bits per heavy atom. The molecule has 0 spiro atoms. The lowest BCUT2D eigenvalue weighted by atomic mass is 9.81. The first kappa shape index (κ1) is 25.0. The van der Waals surface area contributed by atoms with Gasteiger partial charge in [0.1, 0.15) is 0 Å². The van der Waals surface area contributed by atoms with Crippen LogP contribution in [0.1, 0.15) is 22.8 Å². The number of amides is 1. The molecule has 1 fully saturated rings. The summed E-state index contributed by atoms with van der Waals surface area (Å²) in [6, 6.07) is 16.9. The standard InChI is InChI=1S/C25H24FN5O5S/c1-30-23(32)25(29-24(30)27,18-7-2-5-16(13-18)20-9-4-10-28-22(20)26)19-8-3-6-17(14-19)21-15-31(11-12-36-21)37(33,34)35/h2-10,13-14,21H,11-12,15H2,1H3,(H2,27,29)(H,33,34,35). The van der Waals surface area contributed by atoms with Crippen molar-refractivity contribution in [1.29, 1.82) is 0 Å². The van der Waals surface area contributed by atoms with Crippen LogP contribution in [0.15, 0.2) is 71.9 Å². The second-order valence-corrected chi connectivity index (χ2v) is 10.2. The fourth-order valence-corrected chi connectivity index (χ4v) is 5.33. The van der Waals surface area contributed by atoms with Gasteiger partial charge in [-0.05, 0) is 46.5 Å². The van der Waals surface area contributed by atoms with Gasteiger partial charge in [0.05, 0.1) is 12.7 Å². The van der Waals surface area contributed by atoms with Gasteiger partial charge in [0.15, 0.2) is 11.5 Å². The number of rotatable bonds is 5. The summed E-state index contributed by atoms with van der Waals surface area (Å²) < 4.78 is 54.0. The van der Waals surface area contributed by atoms with E-state index in [0.717, 1.165) is 4.31 Å². The molecule has 3 aromatic rings. The number of guanidine groups is 1. The summed E-state index contributed by atoms with van der Waals surface area (Å²) in [6.45, 7) is 0.0242. The minimum atomic E-state index is -4.39. The summed E-state index contributed by atoms with van der Waals surface area (Å²) in [5, 5.41) is 0. The maximum atomic E-state index is 14.5. The number of ether oxygens (including phenoxy) is 1. The number of carbonyl (C=O) groups is 1. The number of pyridine rings is 1. The molecule has 2 unspecified atom stereocenters. The average Bonchev–Trinajstić information content (AvgIpc) is 3.13. The first-order chi connectivity index (χ1) is 17.6. The van der Waals surface area contributed by atoms with E-state index in [4.69, 9.17) is 10.5 Å². The van der Waals surface area contributed by atoms with Gasteiger partial charge in [-0.15, -0.1) is 0 Å². The normalized spacial score (nSPS) is 22.8. The third-order valence-electron chi connectivity index (χ3n) is 6.62. The number of carbonyl (C=O) groups excluding carboxylic acids is 1. The molecule has 192 valence electrons. The van der Waals surface area contributed by atoms with Crippen molar-refractivity contribution in [3.05, 3.63) is 89.5 Å². The maximum Gasteiger partial charge on any atom is 0.336 e. The van der Waals surface area contributed by atoms with E-state index < -0.39 is 33.8 Å². The zero-order valence-corrected chi connectivity index (χ0v) is 20.6. The molecule has 1 amide bonds. The predicted molar refractivity (Wildman–Crippen MR) is 133 cm³/mol. The van der Waals surface area contributed by atoms with Crippen molar-refractivity contribution in [3.8, 4) is 11.1 Å². The molecule has 1 aromatic heterocycles. The Bertz CT molecular complexity index is 1510. The van der Waals surface area contributed by atoms with Crippen molar-refractivity contribution >= 4 is 22.2 Å². The van der Waals surface area contributed by atoms with Crippen LogP contribution in [0.3, 0.4) is 0 Å². The first-order valence-electron chi connectivity index (χ1n) is 11.4. The largest absolute Gasteiger partial charge is 0.371 e. The number of nitrogens with zero attached hydrogens (tertiary/aromatic N) is 4. The van der Waals surface area contributed by atoms with Gasteiger partial charge in [-0.25, -0.2) is 9.98 Å². The Hall–Kier alpha value is -3.71. The summed E-state index contributed by atoms with van der Waals surface area (Å²) in [7, 11) is -2.87. The Morgan fingerprint density at radius 1 is 1.14 bits per heavy atom. The lowest BCUT2D eigenvalue weighted by Gasteiger charge is -2.32. The van der Waals surface area contributed by atoms with Crippen LogP contribution in [-0.4, -0.2) is 65.8 Å². The third-order valence-corrected chi connectivity index (χ3v) is 7.61. The zero-order valence-electron chi connectivity index (χ0n) is 19.8. The maximum absolute atomic E-state index is 14.5. The van der Waals surface area contributed by atoms with Gasteiger partial charge in [-0.3, -0.25) is 14.2 Å². The van der Waals surface area contributed by atoms with Crippen LogP contribution in [-0.2, 0) is 25.4 Å². The van der Waals surface area contributed by atoms with Gasteiger partial charge in [-0.2, -0.15) is 17.1 Å². The smallest absolute Gasteiger partial charge is 0.336 e. The molecule has 10 nitrogen and oxygen atoms in total. The van der Waals surface area contributed by atoms with E-state index in [0.29, 0.717) is 22.3 Å². The highest BCUT2D eigenvalue weighted by Gasteiger charge is 2.50. The third kappa shape index (κ3) is 4.37. The lowest BCUT2D eigenvalue weighted by Crippen LogP contribution is -2.42. The fraction of sp³-hybridized carbons (Fsp3) is 0.240. The fourth-order valence-electron chi connectivity index (χ4n) is 4.70. The minimum absolute atomic E-state index is 0.0137.